The standard InChI is InChI=1S/C12H12.3C11H11N.3C10H10N2/c1-9-5-3-8-12-10(2)6-4-7-11(9)12;1-8-4-3-5-10-9(2)6-12-7-11(8)10;1-8-6-7-12-11-9(2)4-3-5-10(8)11;1-8-4-3-5-11-9(2)12-7-6-10(8)11;1-7-3-5-12-10-8(2)11-6-4-9(7)10;1-7-3-5-12-10-8(2)4-6-11-9(7)10;1-7-3-4-12-10-8(2)5-11-6-9(7)10/h3-8H,1-2H3;3*3-7H,1-2H3;3*3-6H,1-2H3. The third kappa shape index (κ3) is 14.7. The molecule has 0 unspecified atom stereocenters. The van der Waals surface area contributed by atoms with E-state index in [0.29, 0.717) is 0 Å². The van der Waals surface area contributed by atoms with Gasteiger partial charge in [-0.15, -0.1) is 0 Å². The summed E-state index contributed by atoms with van der Waals surface area (Å²) in [5, 5.41) is 11.5. The van der Waals surface area contributed by atoms with Crippen LogP contribution >= 0.6 is 0 Å². The first-order chi connectivity index (χ1) is 40.5. The summed E-state index contributed by atoms with van der Waals surface area (Å²) in [5.41, 5.74) is 22.4. The quantitative estimate of drug-likeness (QED) is 0.146. The molecule has 84 heavy (non-hydrogen) atoms. The monoisotopic (exact) mass is 1100 g/mol. The van der Waals surface area contributed by atoms with E-state index in [1.54, 1.807) is 0 Å². The van der Waals surface area contributed by atoms with Gasteiger partial charge in [0, 0.05) is 101 Å². The number of pyridine rings is 9. The third-order valence-corrected chi connectivity index (χ3v) is 15.1. The number of para-hydroxylation sites is 1. The van der Waals surface area contributed by atoms with Crippen LogP contribution < -0.4 is 0 Å². The number of aryl methyl sites for hydroxylation is 14. The van der Waals surface area contributed by atoms with Gasteiger partial charge in [0.15, 0.2) is 0 Å². The SMILES string of the molecule is Cc1cccc2c(C)cccc12.Cc1cccc2c(C)nccc12.Cc1ccnc2c(C)cccc12.Cc1ccnc2c(C)ccnc12.Cc1ccnc2c(C)cncc12.Cc1ccnc2c(C)nccc12.Cc1cncc2c(C)cccc12. The molecule has 0 atom stereocenters. The van der Waals surface area contributed by atoms with Crippen molar-refractivity contribution in [3.63, 3.8) is 0 Å². The molecular formula is C75H75N9. The van der Waals surface area contributed by atoms with Gasteiger partial charge in [0.05, 0.1) is 33.3 Å². The number of rotatable bonds is 0. The molecule has 0 bridgehead atoms. The Bertz CT molecular complexity index is 3460. The van der Waals surface area contributed by atoms with Gasteiger partial charge in [-0.3, -0.25) is 44.9 Å². The van der Waals surface area contributed by atoms with Crippen LogP contribution in [0.15, 0.2) is 202 Å². The third-order valence-electron chi connectivity index (χ3n) is 15.1. The van der Waals surface area contributed by atoms with E-state index in [2.05, 4.69) is 218 Å². The van der Waals surface area contributed by atoms with E-state index in [-0.39, 0.29) is 0 Å². The Hall–Kier alpha value is -9.73. The van der Waals surface area contributed by atoms with Gasteiger partial charge in [-0.2, -0.15) is 0 Å². The Labute approximate surface area is 495 Å². The maximum Gasteiger partial charge on any atom is 0.0918 e. The Morgan fingerprint density at radius 2 is 0.476 bits per heavy atom. The van der Waals surface area contributed by atoms with Crippen molar-refractivity contribution in [1.29, 1.82) is 0 Å². The normalized spacial score (nSPS) is 10.5. The van der Waals surface area contributed by atoms with E-state index in [1.165, 1.54) is 104 Å². The van der Waals surface area contributed by atoms with Gasteiger partial charge in [-0.1, -0.05) is 91.0 Å². The Balaban J connectivity index is 0.000000128. The highest BCUT2D eigenvalue weighted by Gasteiger charge is 2.05. The molecule has 5 aromatic carbocycles. The number of nitrogens with zero attached hydrogens (tertiary/aromatic N) is 9. The lowest BCUT2D eigenvalue weighted by Crippen LogP contribution is -1.88. The zero-order valence-corrected chi connectivity index (χ0v) is 51.1. The lowest BCUT2D eigenvalue weighted by atomic mass is 10.0. The lowest BCUT2D eigenvalue weighted by molar-refractivity contribution is 1.20. The van der Waals surface area contributed by atoms with Crippen LogP contribution in [0.25, 0.3) is 76.1 Å². The molecule has 9 heteroatoms. The molecule has 0 N–H and O–H groups in total. The molecule has 0 amide bonds. The molecule has 0 fully saturated rings. The van der Waals surface area contributed by atoms with E-state index >= 15 is 0 Å². The minimum atomic E-state index is 0.996. The maximum atomic E-state index is 4.34. The lowest BCUT2D eigenvalue weighted by Gasteiger charge is -2.03. The average Bonchev–Trinajstić information content (AvgIpc) is 3.65. The zero-order valence-electron chi connectivity index (χ0n) is 51.1. The minimum Gasteiger partial charge on any atom is -0.264 e. The van der Waals surface area contributed by atoms with Crippen molar-refractivity contribution in [2.75, 3.05) is 0 Å². The van der Waals surface area contributed by atoms with Crippen LogP contribution in [0.5, 0.6) is 0 Å². The summed E-state index contributed by atoms with van der Waals surface area (Å²) in [6.45, 7) is 29.2. The summed E-state index contributed by atoms with van der Waals surface area (Å²) < 4.78 is 0. The van der Waals surface area contributed by atoms with Crippen LogP contribution in [-0.2, 0) is 0 Å². The second-order valence-electron chi connectivity index (χ2n) is 21.4. The summed E-state index contributed by atoms with van der Waals surface area (Å²) >= 11 is 0. The molecule has 0 aliphatic carbocycles. The van der Waals surface area contributed by atoms with E-state index < -0.39 is 0 Å². The first-order valence-electron chi connectivity index (χ1n) is 28.4. The van der Waals surface area contributed by atoms with E-state index in [1.807, 2.05) is 125 Å². The number of fused-ring (bicyclic) bond motifs is 7. The fourth-order valence-electron chi connectivity index (χ4n) is 10.1. The molecule has 0 saturated heterocycles. The summed E-state index contributed by atoms with van der Waals surface area (Å²) in [5.74, 6) is 0. The number of aromatic nitrogens is 9. The van der Waals surface area contributed by atoms with Gasteiger partial charge in [-0.25, -0.2) is 0 Å². The van der Waals surface area contributed by atoms with Gasteiger partial charge in [0.25, 0.3) is 0 Å². The van der Waals surface area contributed by atoms with E-state index in [0.717, 1.165) is 49.9 Å². The predicted octanol–water partition coefficient (Wildman–Crippen LogP) is 18.8. The average molecular weight is 1100 g/mol. The van der Waals surface area contributed by atoms with Crippen LogP contribution in [0.1, 0.15) is 78.1 Å². The maximum absolute atomic E-state index is 4.34. The van der Waals surface area contributed by atoms with Gasteiger partial charge in [-0.05, 0) is 228 Å². The van der Waals surface area contributed by atoms with Gasteiger partial charge >= 0.3 is 0 Å². The van der Waals surface area contributed by atoms with Crippen molar-refractivity contribution >= 4 is 76.1 Å². The molecular weight excluding hydrogens is 1030 g/mol. The Morgan fingerprint density at radius 3 is 0.940 bits per heavy atom. The zero-order chi connectivity index (χ0) is 59.9. The van der Waals surface area contributed by atoms with Gasteiger partial charge in [0.1, 0.15) is 0 Å². The molecule has 9 aromatic heterocycles. The summed E-state index contributed by atoms with van der Waals surface area (Å²) in [6.07, 6.45) is 20.4. The summed E-state index contributed by atoms with van der Waals surface area (Å²) in [6, 6.07) is 45.9. The molecule has 9 nitrogen and oxygen atoms in total. The van der Waals surface area contributed by atoms with Crippen molar-refractivity contribution in [3.8, 4) is 0 Å². The number of hydrogen-bond donors (Lipinski definition) is 0. The molecule has 0 aliphatic heterocycles. The van der Waals surface area contributed by atoms with Crippen molar-refractivity contribution in [2.45, 2.75) is 96.9 Å². The molecule has 9 heterocycles. The molecule has 0 aliphatic rings. The molecule has 14 aromatic rings. The second-order valence-corrected chi connectivity index (χ2v) is 21.4. The highest BCUT2D eigenvalue weighted by molar-refractivity contribution is 5.90. The van der Waals surface area contributed by atoms with Crippen molar-refractivity contribution in [3.05, 3.63) is 280 Å². The van der Waals surface area contributed by atoms with E-state index in [9.17, 15) is 0 Å². The van der Waals surface area contributed by atoms with Gasteiger partial charge in [0.2, 0.25) is 0 Å². The van der Waals surface area contributed by atoms with Crippen molar-refractivity contribution < 1.29 is 0 Å². The van der Waals surface area contributed by atoms with E-state index in [4.69, 9.17) is 0 Å². The molecule has 0 spiro atoms. The molecule has 14 rings (SSSR count). The van der Waals surface area contributed by atoms with Crippen LogP contribution in [0.4, 0.5) is 0 Å². The van der Waals surface area contributed by atoms with Crippen LogP contribution in [-0.4, -0.2) is 44.9 Å². The first kappa shape index (κ1) is 60.4. The molecule has 0 radical (unpaired) electrons. The van der Waals surface area contributed by atoms with Gasteiger partial charge < -0.3 is 0 Å². The number of benzene rings is 5. The summed E-state index contributed by atoms with van der Waals surface area (Å²) in [4.78, 5) is 38.2. The van der Waals surface area contributed by atoms with Crippen LogP contribution in [0.2, 0.25) is 0 Å². The second kappa shape index (κ2) is 28.3. The highest BCUT2D eigenvalue weighted by Crippen LogP contribution is 2.24. The Kier molecular flexibility index (Phi) is 20.3. The number of hydrogen-bond acceptors (Lipinski definition) is 9. The Morgan fingerprint density at radius 1 is 0.179 bits per heavy atom. The molecule has 420 valence electrons. The van der Waals surface area contributed by atoms with Crippen molar-refractivity contribution in [1.82, 2.24) is 44.9 Å². The largest absolute Gasteiger partial charge is 0.264 e. The van der Waals surface area contributed by atoms with Crippen LogP contribution in [0, 0.1) is 96.9 Å². The first-order valence-corrected chi connectivity index (χ1v) is 28.4. The minimum absolute atomic E-state index is 0.996. The highest BCUT2D eigenvalue weighted by atomic mass is 14.8. The smallest absolute Gasteiger partial charge is 0.0918 e. The summed E-state index contributed by atoms with van der Waals surface area (Å²) in [7, 11) is 0. The van der Waals surface area contributed by atoms with Crippen LogP contribution in [0.3, 0.4) is 0 Å². The topological polar surface area (TPSA) is 116 Å². The fraction of sp³-hybridized carbons (Fsp3) is 0.187. The van der Waals surface area contributed by atoms with Crippen molar-refractivity contribution in [2.24, 2.45) is 0 Å². The predicted molar refractivity (Wildman–Crippen MR) is 354 cm³/mol. The molecule has 0 saturated carbocycles. The fourth-order valence-corrected chi connectivity index (χ4v) is 10.1.